The van der Waals surface area contributed by atoms with Crippen LogP contribution >= 0.6 is 24.8 Å². The molecule has 138 valence electrons. The Balaban J connectivity index is 0.00000144. The Morgan fingerprint density at radius 3 is 2.83 bits per heavy atom. The number of halogens is 2. The molecule has 0 saturated carbocycles. The average Bonchev–Trinajstić information content (AvgIpc) is 2.96. The molecule has 0 aromatic carbocycles. The summed E-state index contributed by atoms with van der Waals surface area (Å²) in [5.74, 6) is 2.15. The van der Waals surface area contributed by atoms with Gasteiger partial charge in [0.1, 0.15) is 5.82 Å². The lowest BCUT2D eigenvalue weighted by Gasteiger charge is -2.22. The van der Waals surface area contributed by atoms with Gasteiger partial charge in [-0.3, -0.25) is 4.79 Å². The monoisotopic (exact) mass is 376 g/mol. The summed E-state index contributed by atoms with van der Waals surface area (Å²) in [6.45, 7) is 4.03. The molecule has 1 aromatic heterocycles. The van der Waals surface area contributed by atoms with Crippen molar-refractivity contribution in [1.29, 1.82) is 0 Å². The lowest BCUT2D eigenvalue weighted by atomic mass is 9.93. The highest BCUT2D eigenvalue weighted by Gasteiger charge is 2.15. The minimum absolute atomic E-state index is 0. The summed E-state index contributed by atoms with van der Waals surface area (Å²) in [6.07, 6.45) is 10.8. The van der Waals surface area contributed by atoms with Gasteiger partial charge in [-0.05, 0) is 51.1 Å². The highest BCUT2D eigenvalue weighted by atomic mass is 35.5. The van der Waals surface area contributed by atoms with E-state index < -0.39 is 0 Å². The fourth-order valence-corrected chi connectivity index (χ4v) is 3.52. The number of hydrogen-bond donors (Lipinski definition) is 2. The maximum absolute atomic E-state index is 11.9. The summed E-state index contributed by atoms with van der Waals surface area (Å²) in [6, 6.07) is 0. The van der Waals surface area contributed by atoms with E-state index in [1.165, 1.54) is 31.5 Å². The number of aryl methyl sites for hydroxylation is 2. The largest absolute Gasteiger partial charge is 0.356 e. The average molecular weight is 377 g/mol. The van der Waals surface area contributed by atoms with Gasteiger partial charge < -0.3 is 15.2 Å². The van der Waals surface area contributed by atoms with Crippen LogP contribution < -0.4 is 10.6 Å². The second-order valence-electron chi connectivity index (χ2n) is 6.63. The first kappa shape index (κ1) is 21.3. The molecule has 2 N–H and O–H groups in total. The molecule has 1 fully saturated rings. The van der Waals surface area contributed by atoms with Crippen LogP contribution in [0.15, 0.2) is 6.20 Å². The molecule has 7 heteroatoms. The number of carbonyl (C=O) groups is 1. The van der Waals surface area contributed by atoms with Gasteiger partial charge in [-0.25, -0.2) is 4.98 Å². The van der Waals surface area contributed by atoms with E-state index in [-0.39, 0.29) is 30.7 Å². The molecule has 2 aliphatic heterocycles. The standard InChI is InChI=1S/C17H28N4O.2ClH/c22-17(5-4-14-6-9-18-10-7-14)19-11-8-15-13-21-12-2-1-3-16(21)20-15;;/h13-14,18H,1-12H2,(H,19,22);2*1H. The molecule has 1 amide bonds. The number of aromatic nitrogens is 2. The molecule has 5 nitrogen and oxygen atoms in total. The number of imidazole rings is 1. The zero-order chi connectivity index (χ0) is 15.2. The molecule has 0 bridgehead atoms. The number of amides is 1. The molecule has 24 heavy (non-hydrogen) atoms. The van der Waals surface area contributed by atoms with Crippen molar-refractivity contribution in [3.8, 4) is 0 Å². The number of nitrogens with zero attached hydrogens (tertiary/aromatic N) is 2. The van der Waals surface area contributed by atoms with Gasteiger partial charge in [0.2, 0.25) is 5.91 Å². The van der Waals surface area contributed by atoms with Crippen LogP contribution in [0, 0.1) is 5.92 Å². The summed E-state index contributed by atoms with van der Waals surface area (Å²) < 4.78 is 2.28. The third-order valence-electron chi connectivity index (χ3n) is 4.90. The van der Waals surface area contributed by atoms with E-state index >= 15 is 0 Å². The van der Waals surface area contributed by atoms with Gasteiger partial charge in [-0.15, -0.1) is 24.8 Å². The van der Waals surface area contributed by atoms with Crippen LogP contribution in [0.4, 0.5) is 0 Å². The fraction of sp³-hybridized carbons (Fsp3) is 0.765. The fourth-order valence-electron chi connectivity index (χ4n) is 3.52. The number of nitrogens with one attached hydrogen (secondary N) is 2. The molecule has 2 aliphatic rings. The van der Waals surface area contributed by atoms with Crippen molar-refractivity contribution in [3.63, 3.8) is 0 Å². The molecular weight excluding hydrogens is 347 g/mol. The first-order valence-corrected chi connectivity index (χ1v) is 8.83. The Bertz CT molecular complexity index is 477. The topological polar surface area (TPSA) is 59.0 Å². The van der Waals surface area contributed by atoms with Crippen molar-refractivity contribution in [2.24, 2.45) is 5.92 Å². The van der Waals surface area contributed by atoms with Crippen LogP contribution in [0.5, 0.6) is 0 Å². The van der Waals surface area contributed by atoms with E-state index in [0.29, 0.717) is 13.0 Å². The molecule has 0 aliphatic carbocycles. The van der Waals surface area contributed by atoms with Crippen LogP contribution in [-0.2, 0) is 24.2 Å². The molecular formula is C17H30Cl2N4O. The van der Waals surface area contributed by atoms with Gasteiger partial charge in [-0.2, -0.15) is 0 Å². The number of piperidine rings is 1. The van der Waals surface area contributed by atoms with Crippen LogP contribution in [0.1, 0.15) is 50.0 Å². The summed E-state index contributed by atoms with van der Waals surface area (Å²) in [7, 11) is 0. The first-order valence-electron chi connectivity index (χ1n) is 8.83. The first-order chi connectivity index (χ1) is 10.8. The van der Waals surface area contributed by atoms with Gasteiger partial charge in [0.05, 0.1) is 5.69 Å². The third kappa shape index (κ3) is 6.26. The maximum Gasteiger partial charge on any atom is 0.220 e. The van der Waals surface area contributed by atoms with Crippen molar-refractivity contribution >= 4 is 30.7 Å². The molecule has 0 atom stereocenters. The van der Waals surface area contributed by atoms with E-state index in [9.17, 15) is 4.79 Å². The lowest BCUT2D eigenvalue weighted by Crippen LogP contribution is -2.30. The van der Waals surface area contributed by atoms with Crippen LogP contribution in [-0.4, -0.2) is 35.1 Å². The maximum atomic E-state index is 11.9. The van der Waals surface area contributed by atoms with Crippen LogP contribution in [0.25, 0.3) is 0 Å². The Kier molecular flexibility index (Phi) is 9.71. The summed E-state index contributed by atoms with van der Waals surface area (Å²) in [5.41, 5.74) is 1.12. The van der Waals surface area contributed by atoms with Crippen LogP contribution in [0.3, 0.4) is 0 Å². The number of hydrogen-bond acceptors (Lipinski definition) is 3. The molecule has 1 saturated heterocycles. The summed E-state index contributed by atoms with van der Waals surface area (Å²) >= 11 is 0. The number of carbonyl (C=O) groups excluding carboxylic acids is 1. The Labute approximate surface area is 157 Å². The second-order valence-corrected chi connectivity index (χ2v) is 6.63. The zero-order valence-corrected chi connectivity index (χ0v) is 15.9. The quantitative estimate of drug-likeness (QED) is 0.801. The van der Waals surface area contributed by atoms with E-state index in [4.69, 9.17) is 0 Å². The molecule has 0 radical (unpaired) electrons. The van der Waals surface area contributed by atoms with E-state index in [1.807, 2.05) is 0 Å². The number of fused-ring (bicyclic) bond motifs is 1. The lowest BCUT2D eigenvalue weighted by molar-refractivity contribution is -0.121. The molecule has 0 spiro atoms. The summed E-state index contributed by atoms with van der Waals surface area (Å²) in [4.78, 5) is 16.6. The van der Waals surface area contributed by atoms with Gasteiger partial charge in [0.25, 0.3) is 0 Å². The molecule has 3 rings (SSSR count). The predicted molar refractivity (Wildman–Crippen MR) is 101 cm³/mol. The van der Waals surface area contributed by atoms with Gasteiger partial charge in [-0.1, -0.05) is 0 Å². The zero-order valence-electron chi connectivity index (χ0n) is 14.3. The Hall–Kier alpha value is -0.780. The summed E-state index contributed by atoms with van der Waals surface area (Å²) in [5, 5.41) is 6.41. The van der Waals surface area contributed by atoms with E-state index in [1.54, 1.807) is 0 Å². The van der Waals surface area contributed by atoms with Crippen LogP contribution in [0.2, 0.25) is 0 Å². The Morgan fingerprint density at radius 2 is 2.08 bits per heavy atom. The van der Waals surface area contributed by atoms with Crippen molar-refractivity contribution in [3.05, 3.63) is 17.7 Å². The van der Waals surface area contributed by atoms with E-state index in [0.717, 1.165) is 50.5 Å². The highest BCUT2D eigenvalue weighted by Crippen LogP contribution is 2.17. The predicted octanol–water partition coefficient (Wildman–Crippen LogP) is 2.50. The third-order valence-corrected chi connectivity index (χ3v) is 4.90. The van der Waals surface area contributed by atoms with Gasteiger partial charge in [0, 0.05) is 38.5 Å². The van der Waals surface area contributed by atoms with Crippen molar-refractivity contribution in [2.75, 3.05) is 19.6 Å². The number of rotatable bonds is 6. The normalized spacial score (nSPS) is 17.3. The highest BCUT2D eigenvalue weighted by molar-refractivity contribution is 5.85. The van der Waals surface area contributed by atoms with Crippen molar-refractivity contribution in [1.82, 2.24) is 20.2 Å². The SMILES string of the molecule is Cl.Cl.O=C(CCC1CCNCC1)NCCc1cn2c(n1)CCCC2. The second kappa shape index (κ2) is 11.0. The van der Waals surface area contributed by atoms with Gasteiger partial charge in [0.15, 0.2) is 0 Å². The minimum atomic E-state index is 0. The van der Waals surface area contributed by atoms with Crippen molar-refractivity contribution < 1.29 is 4.79 Å². The van der Waals surface area contributed by atoms with Gasteiger partial charge >= 0.3 is 0 Å². The smallest absolute Gasteiger partial charge is 0.220 e. The van der Waals surface area contributed by atoms with Crippen molar-refractivity contribution in [2.45, 2.75) is 57.9 Å². The Morgan fingerprint density at radius 1 is 1.29 bits per heavy atom. The molecule has 0 unspecified atom stereocenters. The minimum Gasteiger partial charge on any atom is -0.356 e. The van der Waals surface area contributed by atoms with E-state index in [2.05, 4.69) is 26.4 Å². The molecule has 1 aromatic rings. The molecule has 3 heterocycles.